The first-order valence-electron chi connectivity index (χ1n) is 5.82. The van der Waals surface area contributed by atoms with E-state index < -0.39 is 35.4 Å². The second-order valence-electron chi connectivity index (χ2n) is 5.39. The molecular weight excluding hydrogens is 271 g/mol. The van der Waals surface area contributed by atoms with Crippen LogP contribution in [0.3, 0.4) is 0 Å². The number of benzene rings is 1. The van der Waals surface area contributed by atoms with Gasteiger partial charge in [0.2, 0.25) is 0 Å². The van der Waals surface area contributed by atoms with Crippen molar-refractivity contribution >= 4 is 18.3 Å². The normalized spacial score (nSPS) is 11.7. The third-order valence-corrected chi connectivity index (χ3v) is 2.89. The predicted molar refractivity (Wildman–Crippen MR) is 73.2 cm³/mol. The van der Waals surface area contributed by atoms with Crippen LogP contribution in [-0.2, 0) is 0 Å². The first-order chi connectivity index (χ1) is 8.77. The van der Waals surface area contributed by atoms with E-state index in [4.69, 9.17) is 26.0 Å². The zero-order valence-corrected chi connectivity index (χ0v) is 11.9. The molecular formula is C12H20BF2NO4. The SMILES string of the molecule is CC(C)(O)C(C)(C)O.Nc1cc(F)c(B(O)O)cc1F. The van der Waals surface area contributed by atoms with Crippen LogP contribution in [0.15, 0.2) is 12.1 Å². The molecule has 0 amide bonds. The lowest BCUT2D eigenvalue weighted by atomic mass is 9.80. The minimum absolute atomic E-state index is 0.364. The smallest absolute Gasteiger partial charge is 0.423 e. The van der Waals surface area contributed by atoms with Gasteiger partial charge in [0.15, 0.2) is 0 Å². The highest BCUT2D eigenvalue weighted by molar-refractivity contribution is 6.58. The molecule has 1 aromatic carbocycles. The maximum Gasteiger partial charge on any atom is 0.491 e. The molecule has 0 aromatic heterocycles. The topological polar surface area (TPSA) is 107 Å². The van der Waals surface area contributed by atoms with Gasteiger partial charge in [0.1, 0.15) is 11.6 Å². The summed E-state index contributed by atoms with van der Waals surface area (Å²) in [5, 5.41) is 35.3. The van der Waals surface area contributed by atoms with Crippen LogP contribution in [0.5, 0.6) is 0 Å². The van der Waals surface area contributed by atoms with Crippen molar-refractivity contribution in [3.63, 3.8) is 0 Å². The monoisotopic (exact) mass is 291 g/mol. The Hall–Kier alpha value is -1.22. The molecule has 1 aromatic rings. The first-order valence-corrected chi connectivity index (χ1v) is 5.82. The minimum atomic E-state index is -2.03. The zero-order chi connectivity index (χ0) is 16.3. The summed E-state index contributed by atoms with van der Waals surface area (Å²) in [6.45, 7) is 6.31. The molecule has 114 valence electrons. The molecule has 1 rings (SSSR count). The molecule has 0 saturated carbocycles. The van der Waals surface area contributed by atoms with E-state index in [2.05, 4.69) is 0 Å². The third kappa shape index (κ3) is 5.42. The second kappa shape index (κ2) is 6.49. The van der Waals surface area contributed by atoms with Crippen LogP contribution < -0.4 is 11.2 Å². The van der Waals surface area contributed by atoms with Crippen LogP contribution in [0.2, 0.25) is 0 Å². The largest absolute Gasteiger partial charge is 0.491 e. The number of halogens is 2. The quantitative estimate of drug-likeness (QED) is 0.382. The molecule has 0 spiro atoms. The van der Waals surface area contributed by atoms with E-state index in [1.807, 2.05) is 0 Å². The van der Waals surface area contributed by atoms with Gasteiger partial charge < -0.3 is 26.0 Å². The van der Waals surface area contributed by atoms with Crippen molar-refractivity contribution < 1.29 is 29.0 Å². The summed E-state index contributed by atoms with van der Waals surface area (Å²) >= 11 is 0. The number of hydrogen-bond donors (Lipinski definition) is 5. The van der Waals surface area contributed by atoms with Crippen LogP contribution in [-0.4, -0.2) is 38.6 Å². The highest BCUT2D eigenvalue weighted by atomic mass is 19.1. The van der Waals surface area contributed by atoms with Gasteiger partial charge in [-0.15, -0.1) is 0 Å². The van der Waals surface area contributed by atoms with E-state index in [1.54, 1.807) is 27.7 Å². The molecule has 8 heteroatoms. The average molecular weight is 291 g/mol. The van der Waals surface area contributed by atoms with Crippen molar-refractivity contribution in [1.29, 1.82) is 0 Å². The third-order valence-electron chi connectivity index (χ3n) is 2.89. The lowest BCUT2D eigenvalue weighted by molar-refractivity contribution is -0.107. The fourth-order valence-corrected chi connectivity index (χ4v) is 0.775. The number of nitrogen functional groups attached to an aromatic ring is 1. The predicted octanol–water partition coefficient (Wildman–Crippen LogP) is -0.245. The van der Waals surface area contributed by atoms with Gasteiger partial charge in [-0.25, -0.2) is 8.78 Å². The Morgan fingerprint density at radius 2 is 1.35 bits per heavy atom. The van der Waals surface area contributed by atoms with Crippen molar-refractivity contribution in [2.75, 3.05) is 5.73 Å². The number of nitrogens with two attached hydrogens (primary N) is 1. The number of anilines is 1. The van der Waals surface area contributed by atoms with Crippen molar-refractivity contribution in [1.82, 2.24) is 0 Å². The van der Waals surface area contributed by atoms with Crippen molar-refractivity contribution in [2.24, 2.45) is 0 Å². The summed E-state index contributed by atoms with van der Waals surface area (Å²) < 4.78 is 25.3. The van der Waals surface area contributed by atoms with Crippen molar-refractivity contribution in [3.8, 4) is 0 Å². The minimum Gasteiger partial charge on any atom is -0.423 e. The van der Waals surface area contributed by atoms with Crippen molar-refractivity contribution in [2.45, 2.75) is 38.9 Å². The number of hydrogen-bond acceptors (Lipinski definition) is 5. The molecule has 0 heterocycles. The van der Waals surface area contributed by atoms with Crippen molar-refractivity contribution in [3.05, 3.63) is 23.8 Å². The Labute approximate surface area is 116 Å². The van der Waals surface area contributed by atoms with Crippen LogP contribution in [0.1, 0.15) is 27.7 Å². The van der Waals surface area contributed by atoms with E-state index in [1.165, 1.54) is 0 Å². The average Bonchev–Trinajstić information content (AvgIpc) is 2.21. The van der Waals surface area contributed by atoms with Gasteiger partial charge in [-0.2, -0.15) is 0 Å². The maximum atomic E-state index is 12.7. The summed E-state index contributed by atoms with van der Waals surface area (Å²) in [6.07, 6.45) is 0. The fourth-order valence-electron chi connectivity index (χ4n) is 0.775. The van der Waals surface area contributed by atoms with Gasteiger partial charge in [-0.1, -0.05) is 0 Å². The Morgan fingerprint density at radius 3 is 1.65 bits per heavy atom. The highest BCUT2D eigenvalue weighted by Gasteiger charge is 2.31. The molecule has 0 atom stereocenters. The molecule has 0 saturated heterocycles. The molecule has 0 aliphatic heterocycles. The van der Waals surface area contributed by atoms with Gasteiger partial charge in [0.25, 0.3) is 0 Å². The molecule has 0 unspecified atom stereocenters. The summed E-state index contributed by atoms with van der Waals surface area (Å²) in [5.41, 5.74) is 2.11. The molecule has 0 radical (unpaired) electrons. The van der Waals surface area contributed by atoms with Gasteiger partial charge >= 0.3 is 7.12 Å². The molecule has 5 nitrogen and oxygen atoms in total. The van der Waals surface area contributed by atoms with Gasteiger partial charge in [0, 0.05) is 5.46 Å². The Kier molecular flexibility index (Phi) is 6.10. The van der Waals surface area contributed by atoms with Crippen LogP contribution in [0.4, 0.5) is 14.5 Å². The molecule has 20 heavy (non-hydrogen) atoms. The van der Waals surface area contributed by atoms with Gasteiger partial charge in [-0.3, -0.25) is 0 Å². The maximum absolute atomic E-state index is 12.7. The Morgan fingerprint density at radius 1 is 0.950 bits per heavy atom. The first kappa shape index (κ1) is 18.8. The van der Waals surface area contributed by atoms with Crippen LogP contribution in [0.25, 0.3) is 0 Å². The molecule has 0 aliphatic carbocycles. The van der Waals surface area contributed by atoms with Gasteiger partial charge in [0.05, 0.1) is 16.9 Å². The van der Waals surface area contributed by atoms with E-state index in [9.17, 15) is 8.78 Å². The summed E-state index contributed by atoms with van der Waals surface area (Å²) in [4.78, 5) is 0. The molecule has 0 fully saturated rings. The second-order valence-corrected chi connectivity index (χ2v) is 5.39. The zero-order valence-electron chi connectivity index (χ0n) is 11.9. The van der Waals surface area contributed by atoms with E-state index >= 15 is 0 Å². The highest BCUT2D eigenvalue weighted by Crippen LogP contribution is 2.19. The Bertz CT molecular complexity index is 444. The molecule has 6 N–H and O–H groups in total. The molecule has 0 aliphatic rings. The van der Waals surface area contributed by atoms with Crippen LogP contribution >= 0.6 is 0 Å². The number of rotatable bonds is 2. The number of aliphatic hydroxyl groups is 2. The Balaban J connectivity index is 0.000000396. The van der Waals surface area contributed by atoms with E-state index in [-0.39, 0.29) is 5.69 Å². The summed E-state index contributed by atoms with van der Waals surface area (Å²) in [5.74, 6) is -1.82. The lowest BCUT2D eigenvalue weighted by Gasteiger charge is -2.31. The summed E-state index contributed by atoms with van der Waals surface area (Å²) in [7, 11) is -2.03. The summed E-state index contributed by atoms with van der Waals surface area (Å²) in [6, 6.07) is 1.35. The van der Waals surface area contributed by atoms with Crippen LogP contribution in [0, 0.1) is 11.6 Å². The fraction of sp³-hybridized carbons (Fsp3) is 0.500. The van der Waals surface area contributed by atoms with E-state index in [0.29, 0.717) is 12.1 Å². The molecule has 0 bridgehead atoms. The van der Waals surface area contributed by atoms with E-state index in [0.717, 1.165) is 0 Å². The van der Waals surface area contributed by atoms with Gasteiger partial charge in [-0.05, 0) is 39.8 Å². The lowest BCUT2D eigenvalue weighted by Crippen LogP contribution is -2.44. The standard InChI is InChI=1S/C6H6BF2NO2.C6H14O2/c8-4-2-6(10)5(9)1-3(4)7(11)12;1-5(2,7)6(3,4)8/h1-2,11-12H,10H2;7-8H,1-4H3.